The van der Waals surface area contributed by atoms with Crippen molar-refractivity contribution in [3.8, 4) is 0 Å². The number of amides is 3. The van der Waals surface area contributed by atoms with Gasteiger partial charge in [-0.1, -0.05) is 6.92 Å². The number of carbonyl (C=O) groups is 2. The highest BCUT2D eigenvalue weighted by atomic mass is 19.1. The van der Waals surface area contributed by atoms with Crippen molar-refractivity contribution in [1.29, 1.82) is 0 Å². The maximum atomic E-state index is 13.8. The third kappa shape index (κ3) is 6.09. The summed E-state index contributed by atoms with van der Waals surface area (Å²) in [6, 6.07) is 3.85. The molecule has 1 aromatic rings. The number of rotatable bonds is 6. The van der Waals surface area contributed by atoms with Crippen molar-refractivity contribution in [2.75, 3.05) is 50.1 Å². The molecule has 1 aliphatic rings. The van der Waals surface area contributed by atoms with Gasteiger partial charge in [0.1, 0.15) is 5.82 Å². The van der Waals surface area contributed by atoms with Gasteiger partial charge >= 0.3 is 6.03 Å². The number of anilines is 2. The monoisotopic (exact) mass is 380 g/mol. The topological polar surface area (TPSA) is 73.9 Å². The largest absolute Gasteiger partial charge is 0.383 e. The van der Waals surface area contributed by atoms with E-state index in [0.717, 1.165) is 25.1 Å². The van der Waals surface area contributed by atoms with Crippen LogP contribution in [0, 0.1) is 5.82 Å². The Morgan fingerprint density at radius 2 is 2.04 bits per heavy atom. The fourth-order valence-electron chi connectivity index (χ4n) is 3.16. The second-order valence-electron chi connectivity index (χ2n) is 6.67. The Hall–Kier alpha value is -2.35. The van der Waals surface area contributed by atoms with Gasteiger partial charge < -0.3 is 25.2 Å². The van der Waals surface area contributed by atoms with E-state index in [1.54, 1.807) is 25.0 Å². The van der Waals surface area contributed by atoms with Gasteiger partial charge in [-0.05, 0) is 31.0 Å². The molecule has 150 valence electrons. The highest BCUT2D eigenvalue weighted by Crippen LogP contribution is 2.28. The van der Waals surface area contributed by atoms with Crippen molar-refractivity contribution in [3.05, 3.63) is 24.0 Å². The Balaban J connectivity index is 2.12. The van der Waals surface area contributed by atoms with E-state index >= 15 is 0 Å². The summed E-state index contributed by atoms with van der Waals surface area (Å²) in [5, 5.41) is 5.59. The number of halogens is 1. The van der Waals surface area contributed by atoms with E-state index in [4.69, 9.17) is 4.74 Å². The maximum Gasteiger partial charge on any atom is 0.319 e. The SMILES string of the molecule is CCC(COC)NC(=O)Nc1cc(F)ccc1N1CCCN(C(C)=O)CC1. The Morgan fingerprint density at radius 1 is 1.26 bits per heavy atom. The van der Waals surface area contributed by atoms with Gasteiger partial charge in [0.15, 0.2) is 0 Å². The van der Waals surface area contributed by atoms with Crippen LogP contribution in [0.1, 0.15) is 26.7 Å². The zero-order chi connectivity index (χ0) is 19.8. The average molecular weight is 380 g/mol. The lowest BCUT2D eigenvalue weighted by atomic mass is 10.2. The molecular formula is C19H29FN4O3. The first-order valence-corrected chi connectivity index (χ1v) is 9.31. The molecule has 0 radical (unpaired) electrons. The van der Waals surface area contributed by atoms with Crippen molar-refractivity contribution in [1.82, 2.24) is 10.2 Å². The number of nitrogens with one attached hydrogen (secondary N) is 2. The van der Waals surface area contributed by atoms with Gasteiger partial charge in [-0.15, -0.1) is 0 Å². The molecule has 2 rings (SSSR count). The van der Waals surface area contributed by atoms with Crippen LogP contribution in [0.3, 0.4) is 0 Å². The summed E-state index contributed by atoms with van der Waals surface area (Å²) in [7, 11) is 1.58. The van der Waals surface area contributed by atoms with Gasteiger partial charge in [0.25, 0.3) is 0 Å². The average Bonchev–Trinajstić information content (AvgIpc) is 2.87. The molecule has 0 aliphatic carbocycles. The van der Waals surface area contributed by atoms with Crippen LogP contribution >= 0.6 is 0 Å². The zero-order valence-electron chi connectivity index (χ0n) is 16.3. The van der Waals surface area contributed by atoms with Crippen LogP contribution in [0.2, 0.25) is 0 Å². The highest BCUT2D eigenvalue weighted by Gasteiger charge is 2.20. The second-order valence-corrected chi connectivity index (χ2v) is 6.67. The molecule has 1 saturated heterocycles. The van der Waals surface area contributed by atoms with Gasteiger partial charge in [-0.3, -0.25) is 4.79 Å². The van der Waals surface area contributed by atoms with Gasteiger partial charge in [-0.2, -0.15) is 0 Å². The molecule has 27 heavy (non-hydrogen) atoms. The second kappa shape index (κ2) is 10.1. The maximum absolute atomic E-state index is 13.8. The number of hydrogen-bond donors (Lipinski definition) is 2. The third-order valence-corrected chi connectivity index (χ3v) is 4.68. The van der Waals surface area contributed by atoms with Gasteiger partial charge in [-0.25, -0.2) is 9.18 Å². The molecule has 8 heteroatoms. The van der Waals surface area contributed by atoms with Crippen LogP contribution < -0.4 is 15.5 Å². The zero-order valence-corrected chi connectivity index (χ0v) is 16.3. The Morgan fingerprint density at radius 3 is 2.70 bits per heavy atom. The summed E-state index contributed by atoms with van der Waals surface area (Å²) >= 11 is 0. The Bertz CT molecular complexity index is 656. The van der Waals surface area contributed by atoms with E-state index in [-0.39, 0.29) is 11.9 Å². The molecule has 1 atom stereocenters. The first kappa shape index (κ1) is 21.0. The van der Waals surface area contributed by atoms with Gasteiger partial charge in [0, 0.05) is 40.2 Å². The van der Waals surface area contributed by atoms with E-state index in [9.17, 15) is 14.0 Å². The van der Waals surface area contributed by atoms with Gasteiger partial charge in [0.2, 0.25) is 5.91 Å². The van der Waals surface area contributed by atoms with Crippen LogP contribution in [0.25, 0.3) is 0 Å². The molecule has 0 aromatic heterocycles. The Labute approximate surface area is 159 Å². The van der Waals surface area contributed by atoms with Crippen molar-refractivity contribution in [2.45, 2.75) is 32.7 Å². The summed E-state index contributed by atoms with van der Waals surface area (Å²) < 4.78 is 18.9. The van der Waals surface area contributed by atoms with Crippen LogP contribution in [0.4, 0.5) is 20.6 Å². The summed E-state index contributed by atoms with van der Waals surface area (Å²) in [4.78, 5) is 27.8. The molecule has 0 bridgehead atoms. The van der Waals surface area contributed by atoms with E-state index in [0.29, 0.717) is 31.9 Å². The molecule has 2 N–H and O–H groups in total. The number of ether oxygens (including phenoxy) is 1. The number of urea groups is 1. The van der Waals surface area contributed by atoms with Gasteiger partial charge in [0.05, 0.1) is 24.0 Å². The summed E-state index contributed by atoms with van der Waals surface area (Å²) in [5.74, 6) is -0.365. The number of hydrogen-bond acceptors (Lipinski definition) is 4. The lowest BCUT2D eigenvalue weighted by Crippen LogP contribution is -2.40. The molecule has 3 amide bonds. The van der Waals surface area contributed by atoms with E-state index in [1.165, 1.54) is 12.1 Å². The summed E-state index contributed by atoms with van der Waals surface area (Å²) in [5.41, 5.74) is 1.16. The first-order valence-electron chi connectivity index (χ1n) is 9.31. The van der Waals surface area contributed by atoms with Crippen molar-refractivity contribution >= 4 is 23.3 Å². The molecule has 7 nitrogen and oxygen atoms in total. The molecule has 1 aliphatic heterocycles. The van der Waals surface area contributed by atoms with Crippen LogP contribution in [-0.4, -0.2) is 62.8 Å². The lowest BCUT2D eigenvalue weighted by Gasteiger charge is -2.26. The molecular weight excluding hydrogens is 351 g/mol. The normalized spacial score (nSPS) is 15.9. The minimum absolute atomic E-state index is 0.0532. The number of methoxy groups -OCH3 is 1. The highest BCUT2D eigenvalue weighted by molar-refractivity contribution is 5.93. The molecule has 1 heterocycles. The predicted octanol–water partition coefficient (Wildman–Crippen LogP) is 2.43. The fourth-order valence-corrected chi connectivity index (χ4v) is 3.16. The van der Waals surface area contributed by atoms with Crippen molar-refractivity contribution < 1.29 is 18.7 Å². The molecule has 0 spiro atoms. The van der Waals surface area contributed by atoms with Crippen molar-refractivity contribution in [3.63, 3.8) is 0 Å². The number of carbonyl (C=O) groups excluding carboxylic acids is 2. The minimum atomic E-state index is -0.418. The van der Waals surface area contributed by atoms with E-state index < -0.39 is 11.8 Å². The van der Waals surface area contributed by atoms with Crippen LogP contribution in [0.15, 0.2) is 18.2 Å². The van der Waals surface area contributed by atoms with E-state index in [1.807, 2.05) is 6.92 Å². The molecule has 1 fully saturated rings. The van der Waals surface area contributed by atoms with Crippen LogP contribution in [-0.2, 0) is 9.53 Å². The lowest BCUT2D eigenvalue weighted by molar-refractivity contribution is -0.128. The molecule has 1 aromatic carbocycles. The summed E-state index contributed by atoms with van der Waals surface area (Å²) in [6.07, 6.45) is 1.54. The number of nitrogens with zero attached hydrogens (tertiary/aromatic N) is 2. The fraction of sp³-hybridized carbons (Fsp3) is 0.579. The van der Waals surface area contributed by atoms with E-state index in [2.05, 4.69) is 15.5 Å². The smallest absolute Gasteiger partial charge is 0.319 e. The van der Waals surface area contributed by atoms with Crippen LogP contribution in [0.5, 0.6) is 0 Å². The molecule has 1 unspecified atom stereocenters. The quantitative estimate of drug-likeness (QED) is 0.795. The standard InChI is InChI=1S/C19H29FN4O3/c1-4-16(13-27-3)21-19(26)22-17-12-15(20)6-7-18(17)24-9-5-8-23(10-11-24)14(2)25/h6-7,12,16H,4-5,8-11,13H2,1-3H3,(H2,21,22,26). The number of benzene rings is 1. The molecule has 0 saturated carbocycles. The summed E-state index contributed by atoms with van der Waals surface area (Å²) in [6.45, 7) is 6.59. The van der Waals surface area contributed by atoms with Crippen molar-refractivity contribution in [2.24, 2.45) is 0 Å². The third-order valence-electron chi connectivity index (χ3n) is 4.68. The Kier molecular flexibility index (Phi) is 7.84. The predicted molar refractivity (Wildman–Crippen MR) is 104 cm³/mol. The minimum Gasteiger partial charge on any atom is -0.383 e. The first-order chi connectivity index (χ1) is 12.9.